The summed E-state index contributed by atoms with van der Waals surface area (Å²) in [4.78, 5) is 40.9. The molecule has 0 spiro atoms. The van der Waals surface area contributed by atoms with E-state index in [1.54, 1.807) is 0 Å². The topological polar surface area (TPSA) is 199 Å². The average Bonchev–Trinajstić information content (AvgIpc) is 3.22. The van der Waals surface area contributed by atoms with E-state index in [1.165, 1.54) is 6.33 Å². The first-order valence-electron chi connectivity index (χ1n) is 7.27. The van der Waals surface area contributed by atoms with Gasteiger partial charge in [-0.05, 0) is 0 Å². The molecule has 12 heteroatoms. The van der Waals surface area contributed by atoms with Crippen LogP contribution in [-0.4, -0.2) is 84.2 Å². The van der Waals surface area contributed by atoms with E-state index in [2.05, 4.69) is 14.7 Å². The largest absolute Gasteiger partial charge is 0.394 e. The van der Waals surface area contributed by atoms with Crippen LogP contribution >= 0.6 is 0 Å². The molecule has 3 amide bonds. The standard InChI is InChI=1S/C8H8N4O3.C5H10O5/c9-7-6(10-3-11-7)8(15)12-4(13)1-2-5(12)14;6-1-2-3(7)4(8)5(9)10-2/h3H,1-2,9H2,(H,10,11);2-9H,1H2/t;2-,3-,4-,5?/m.1/s1. The minimum atomic E-state index is -1.38. The molecule has 0 radical (unpaired) electrons. The second-order valence-corrected chi connectivity index (χ2v) is 5.32. The van der Waals surface area contributed by atoms with Crippen LogP contribution in [0.1, 0.15) is 23.3 Å². The minimum absolute atomic E-state index is 0.0486. The van der Waals surface area contributed by atoms with E-state index in [9.17, 15) is 14.4 Å². The molecule has 138 valence electrons. The van der Waals surface area contributed by atoms with Crippen LogP contribution in [0.25, 0.3) is 0 Å². The monoisotopic (exact) mass is 358 g/mol. The summed E-state index contributed by atoms with van der Waals surface area (Å²) in [5, 5.41) is 35.0. The third-order valence-corrected chi connectivity index (χ3v) is 3.64. The summed E-state index contributed by atoms with van der Waals surface area (Å²) in [5.74, 6) is -1.73. The van der Waals surface area contributed by atoms with Crippen molar-refractivity contribution in [2.45, 2.75) is 37.4 Å². The highest BCUT2D eigenvalue weighted by molar-refractivity contribution is 6.20. The first-order chi connectivity index (χ1) is 11.8. The van der Waals surface area contributed by atoms with Gasteiger partial charge in [-0.25, -0.2) is 9.88 Å². The zero-order valence-electron chi connectivity index (χ0n) is 12.9. The number of aromatic amines is 1. The number of imidazole rings is 1. The highest BCUT2D eigenvalue weighted by Gasteiger charge is 2.41. The third-order valence-electron chi connectivity index (χ3n) is 3.64. The summed E-state index contributed by atoms with van der Waals surface area (Å²) >= 11 is 0. The number of amides is 3. The number of ether oxygens (including phenoxy) is 1. The summed E-state index contributed by atoms with van der Waals surface area (Å²) in [5.41, 5.74) is 5.31. The normalized spacial score (nSPS) is 28.9. The fourth-order valence-corrected chi connectivity index (χ4v) is 2.26. The van der Waals surface area contributed by atoms with Gasteiger partial charge in [0.25, 0.3) is 5.91 Å². The summed E-state index contributed by atoms with van der Waals surface area (Å²) in [6.07, 6.45) is -3.40. The maximum atomic E-state index is 11.7. The highest BCUT2D eigenvalue weighted by atomic mass is 16.6. The number of carbonyl (C=O) groups excluding carboxylic acids is 3. The van der Waals surface area contributed by atoms with Crippen LogP contribution in [0.15, 0.2) is 6.33 Å². The zero-order chi connectivity index (χ0) is 18.7. The minimum Gasteiger partial charge on any atom is -0.394 e. The van der Waals surface area contributed by atoms with Gasteiger partial charge >= 0.3 is 0 Å². The lowest BCUT2D eigenvalue weighted by atomic mass is 10.1. The molecule has 0 saturated carbocycles. The molecular formula is C13H18N4O8. The van der Waals surface area contributed by atoms with Crippen LogP contribution in [0, 0.1) is 0 Å². The molecule has 1 aromatic rings. The van der Waals surface area contributed by atoms with Gasteiger partial charge in [0.1, 0.15) is 24.1 Å². The van der Waals surface area contributed by atoms with Crippen LogP contribution in [0.4, 0.5) is 5.82 Å². The van der Waals surface area contributed by atoms with Gasteiger partial charge in [0.2, 0.25) is 11.8 Å². The van der Waals surface area contributed by atoms with E-state index in [4.69, 9.17) is 26.2 Å². The smallest absolute Gasteiger partial charge is 0.289 e. The van der Waals surface area contributed by atoms with Gasteiger partial charge in [-0.15, -0.1) is 0 Å². The van der Waals surface area contributed by atoms with Crippen molar-refractivity contribution in [1.29, 1.82) is 0 Å². The van der Waals surface area contributed by atoms with Crippen molar-refractivity contribution in [3.8, 4) is 0 Å². The first kappa shape index (κ1) is 19.0. The number of nitrogens with two attached hydrogens (primary N) is 1. The Bertz CT molecular complexity index is 646. The number of aliphatic hydroxyl groups excluding tert-OH is 4. The van der Waals surface area contributed by atoms with Crippen molar-refractivity contribution in [2.75, 3.05) is 12.3 Å². The fraction of sp³-hybridized carbons (Fsp3) is 0.538. The molecule has 0 aliphatic carbocycles. The molecule has 3 rings (SSSR count). The molecule has 0 bridgehead atoms. The van der Waals surface area contributed by atoms with Crippen molar-refractivity contribution in [2.24, 2.45) is 0 Å². The fourth-order valence-electron chi connectivity index (χ4n) is 2.26. The number of hydrogen-bond acceptors (Lipinski definition) is 10. The molecule has 4 atom stereocenters. The Kier molecular flexibility index (Phi) is 5.81. The van der Waals surface area contributed by atoms with Gasteiger partial charge in [-0.1, -0.05) is 0 Å². The number of imide groups is 3. The maximum absolute atomic E-state index is 11.7. The lowest BCUT2D eigenvalue weighted by Crippen LogP contribution is -2.36. The van der Waals surface area contributed by atoms with Crippen molar-refractivity contribution in [1.82, 2.24) is 14.9 Å². The Hall–Kier alpha value is -2.38. The summed E-state index contributed by atoms with van der Waals surface area (Å²) < 4.78 is 4.54. The van der Waals surface area contributed by atoms with Gasteiger partial charge in [0.05, 0.1) is 12.9 Å². The van der Waals surface area contributed by atoms with Crippen molar-refractivity contribution in [3.63, 3.8) is 0 Å². The maximum Gasteiger partial charge on any atom is 0.289 e. The molecule has 2 aliphatic rings. The van der Waals surface area contributed by atoms with Gasteiger partial charge in [0, 0.05) is 12.8 Å². The molecule has 0 aromatic carbocycles. The van der Waals surface area contributed by atoms with Crippen LogP contribution in [0.3, 0.4) is 0 Å². The number of carbonyl (C=O) groups is 3. The second-order valence-electron chi connectivity index (χ2n) is 5.32. The SMILES string of the molecule is Nc1[nH]cnc1C(=O)N1C(=O)CCC1=O.OC[C@H]1OC(O)[C@H](O)[C@@H]1O. The lowest BCUT2D eigenvalue weighted by Gasteiger charge is -2.09. The Labute approximate surface area is 140 Å². The number of rotatable bonds is 2. The van der Waals surface area contributed by atoms with E-state index in [-0.39, 0.29) is 24.4 Å². The van der Waals surface area contributed by atoms with E-state index in [0.29, 0.717) is 4.90 Å². The van der Waals surface area contributed by atoms with E-state index in [1.807, 2.05) is 0 Å². The quantitative estimate of drug-likeness (QED) is 0.291. The number of anilines is 1. The van der Waals surface area contributed by atoms with Crippen molar-refractivity contribution in [3.05, 3.63) is 12.0 Å². The van der Waals surface area contributed by atoms with Gasteiger partial charge in [-0.3, -0.25) is 14.4 Å². The summed E-state index contributed by atoms with van der Waals surface area (Å²) in [6.45, 7) is -0.407. The molecule has 12 nitrogen and oxygen atoms in total. The molecule has 3 heterocycles. The Morgan fingerprint density at radius 3 is 2.24 bits per heavy atom. The van der Waals surface area contributed by atoms with Crippen LogP contribution in [-0.2, 0) is 14.3 Å². The molecule has 1 unspecified atom stereocenters. The number of aliphatic hydroxyl groups is 4. The van der Waals surface area contributed by atoms with Crippen LogP contribution in [0.5, 0.6) is 0 Å². The molecule has 1 aromatic heterocycles. The number of hydrogen-bond donors (Lipinski definition) is 6. The summed E-state index contributed by atoms with van der Waals surface area (Å²) in [7, 11) is 0. The van der Waals surface area contributed by atoms with Crippen LogP contribution < -0.4 is 5.73 Å². The molecule has 7 N–H and O–H groups in total. The van der Waals surface area contributed by atoms with E-state index < -0.39 is 48.9 Å². The van der Waals surface area contributed by atoms with Gasteiger partial charge in [-0.2, -0.15) is 0 Å². The number of aromatic nitrogens is 2. The number of nitrogens with one attached hydrogen (secondary N) is 1. The first-order valence-corrected chi connectivity index (χ1v) is 7.27. The van der Waals surface area contributed by atoms with E-state index in [0.717, 1.165) is 0 Å². The lowest BCUT2D eigenvalue weighted by molar-refractivity contribution is -0.135. The van der Waals surface area contributed by atoms with Gasteiger partial charge in [0.15, 0.2) is 12.0 Å². The zero-order valence-corrected chi connectivity index (χ0v) is 12.9. The second kappa shape index (κ2) is 7.67. The molecular weight excluding hydrogens is 340 g/mol. The number of likely N-dealkylation sites (tertiary alicyclic amines) is 1. The highest BCUT2D eigenvalue weighted by Crippen LogP contribution is 2.18. The third kappa shape index (κ3) is 3.83. The average molecular weight is 358 g/mol. The van der Waals surface area contributed by atoms with E-state index >= 15 is 0 Å². The number of nitrogen functional groups attached to an aromatic ring is 1. The van der Waals surface area contributed by atoms with Crippen molar-refractivity contribution >= 4 is 23.5 Å². The molecule has 2 saturated heterocycles. The predicted molar refractivity (Wildman–Crippen MR) is 78.4 cm³/mol. The van der Waals surface area contributed by atoms with Crippen LogP contribution in [0.2, 0.25) is 0 Å². The Morgan fingerprint density at radius 1 is 1.28 bits per heavy atom. The molecule has 2 fully saturated rings. The molecule has 25 heavy (non-hydrogen) atoms. The Morgan fingerprint density at radius 2 is 1.88 bits per heavy atom. The molecule has 2 aliphatic heterocycles. The Balaban J connectivity index is 0.000000196. The van der Waals surface area contributed by atoms with Gasteiger partial charge < -0.3 is 35.9 Å². The predicted octanol–water partition coefficient (Wildman–Crippen LogP) is -3.30. The number of nitrogens with zero attached hydrogens (tertiary/aromatic N) is 2. The number of H-pyrrole nitrogens is 1. The summed E-state index contributed by atoms with van der Waals surface area (Å²) in [6, 6.07) is 0. The van der Waals surface area contributed by atoms with Crippen molar-refractivity contribution < 1.29 is 39.5 Å².